The predicted molar refractivity (Wildman–Crippen MR) is 85.3 cm³/mol. The molecular formula is C15H20N4OS. The monoisotopic (exact) mass is 304 g/mol. The first-order valence-electron chi connectivity index (χ1n) is 6.98. The number of aromatic nitrogens is 2. The highest BCUT2D eigenvalue weighted by atomic mass is 32.1. The second-order valence-electron chi connectivity index (χ2n) is 4.74. The van der Waals surface area contributed by atoms with E-state index in [9.17, 15) is 4.79 Å². The van der Waals surface area contributed by atoms with E-state index in [1.54, 1.807) is 18.0 Å². The van der Waals surface area contributed by atoms with Crippen LogP contribution in [0.3, 0.4) is 0 Å². The van der Waals surface area contributed by atoms with Crippen molar-refractivity contribution in [2.45, 2.75) is 33.4 Å². The first-order chi connectivity index (χ1) is 10.1. The van der Waals surface area contributed by atoms with Crippen LogP contribution in [-0.2, 0) is 11.3 Å². The summed E-state index contributed by atoms with van der Waals surface area (Å²) in [5, 5.41) is 6.13. The Morgan fingerprint density at radius 1 is 1.48 bits per heavy atom. The highest BCUT2D eigenvalue weighted by molar-refractivity contribution is 7.14. The zero-order chi connectivity index (χ0) is 15.2. The Morgan fingerprint density at radius 2 is 2.29 bits per heavy atom. The normalized spacial score (nSPS) is 12.1. The van der Waals surface area contributed by atoms with Gasteiger partial charge in [-0.05, 0) is 26.0 Å². The van der Waals surface area contributed by atoms with Crippen molar-refractivity contribution < 1.29 is 4.79 Å². The van der Waals surface area contributed by atoms with Crippen LogP contribution in [0.5, 0.6) is 0 Å². The maximum absolute atomic E-state index is 11.5. The lowest BCUT2D eigenvalue weighted by molar-refractivity contribution is -0.116. The number of thiazole rings is 1. The zero-order valence-electron chi connectivity index (χ0n) is 12.5. The van der Waals surface area contributed by atoms with Gasteiger partial charge in [0.25, 0.3) is 0 Å². The molecule has 0 aromatic carbocycles. The fourth-order valence-electron chi connectivity index (χ4n) is 1.99. The van der Waals surface area contributed by atoms with Crippen molar-refractivity contribution in [3.8, 4) is 0 Å². The molecule has 0 aliphatic carbocycles. The summed E-state index contributed by atoms with van der Waals surface area (Å²) in [6, 6.07) is 6.04. The molecule has 5 nitrogen and oxygen atoms in total. The summed E-state index contributed by atoms with van der Waals surface area (Å²) in [6.45, 7) is 6.88. The quantitative estimate of drug-likeness (QED) is 0.891. The number of amides is 1. The number of anilines is 1. The average Bonchev–Trinajstić information content (AvgIpc) is 2.94. The fraction of sp³-hybridized carbons (Fsp3) is 0.400. The van der Waals surface area contributed by atoms with Gasteiger partial charge in [-0.3, -0.25) is 14.7 Å². The van der Waals surface area contributed by atoms with Gasteiger partial charge >= 0.3 is 0 Å². The SMILES string of the molecule is CCN(C(C)=O)c1nc(CN[C@H](C)c2ccccn2)cs1. The van der Waals surface area contributed by atoms with Gasteiger partial charge in [-0.2, -0.15) is 0 Å². The summed E-state index contributed by atoms with van der Waals surface area (Å²) >= 11 is 1.50. The largest absolute Gasteiger partial charge is 0.303 e. The van der Waals surface area contributed by atoms with Crippen LogP contribution in [0.1, 0.15) is 38.2 Å². The fourth-order valence-corrected chi connectivity index (χ4v) is 2.92. The number of nitrogens with one attached hydrogen (secondary N) is 1. The number of nitrogens with zero attached hydrogens (tertiary/aromatic N) is 3. The minimum absolute atomic E-state index is 0.0215. The Kier molecular flexibility index (Phi) is 5.41. The van der Waals surface area contributed by atoms with Crippen molar-refractivity contribution >= 4 is 22.4 Å². The molecule has 0 aliphatic heterocycles. The smallest absolute Gasteiger partial charge is 0.225 e. The summed E-state index contributed by atoms with van der Waals surface area (Å²) in [4.78, 5) is 22.0. The summed E-state index contributed by atoms with van der Waals surface area (Å²) in [6.07, 6.45) is 1.79. The van der Waals surface area contributed by atoms with Crippen molar-refractivity contribution in [1.82, 2.24) is 15.3 Å². The van der Waals surface area contributed by atoms with E-state index in [0.29, 0.717) is 13.1 Å². The summed E-state index contributed by atoms with van der Waals surface area (Å²) in [7, 11) is 0. The lowest BCUT2D eigenvalue weighted by Crippen LogP contribution is -2.27. The van der Waals surface area contributed by atoms with Crippen LogP contribution in [0, 0.1) is 0 Å². The minimum Gasteiger partial charge on any atom is -0.303 e. The molecule has 1 atom stereocenters. The maximum atomic E-state index is 11.5. The van der Waals surface area contributed by atoms with Gasteiger partial charge in [-0.1, -0.05) is 6.07 Å². The molecule has 1 N–H and O–H groups in total. The third-order valence-corrected chi connectivity index (χ3v) is 4.10. The van der Waals surface area contributed by atoms with Crippen LogP contribution < -0.4 is 10.2 Å². The molecule has 1 amide bonds. The Bertz CT molecular complexity index is 584. The van der Waals surface area contributed by atoms with Crippen LogP contribution in [0.25, 0.3) is 0 Å². The topological polar surface area (TPSA) is 58.1 Å². The van der Waals surface area contributed by atoms with Gasteiger partial charge in [0.05, 0.1) is 11.4 Å². The molecule has 6 heteroatoms. The molecule has 0 fully saturated rings. The number of rotatable bonds is 6. The molecule has 2 rings (SSSR count). The lowest BCUT2D eigenvalue weighted by Gasteiger charge is -2.15. The number of hydrogen-bond donors (Lipinski definition) is 1. The Labute approximate surface area is 129 Å². The van der Waals surface area contributed by atoms with Gasteiger partial charge in [0, 0.05) is 37.6 Å². The van der Waals surface area contributed by atoms with Crippen LogP contribution in [-0.4, -0.2) is 22.4 Å². The first kappa shape index (κ1) is 15.6. The standard InChI is InChI=1S/C15H20N4OS/c1-4-19(12(3)20)15-18-13(10-21-15)9-17-11(2)14-7-5-6-8-16-14/h5-8,10-11,17H,4,9H2,1-3H3/t11-/m1/s1. The van der Waals surface area contributed by atoms with Crippen molar-refractivity contribution in [1.29, 1.82) is 0 Å². The second kappa shape index (κ2) is 7.28. The van der Waals surface area contributed by atoms with E-state index in [0.717, 1.165) is 16.5 Å². The van der Waals surface area contributed by atoms with E-state index >= 15 is 0 Å². The van der Waals surface area contributed by atoms with Crippen molar-refractivity contribution in [3.05, 3.63) is 41.2 Å². The van der Waals surface area contributed by atoms with Crippen LogP contribution in [0.15, 0.2) is 29.8 Å². The summed E-state index contributed by atoms with van der Waals surface area (Å²) in [5.41, 5.74) is 1.95. The first-order valence-corrected chi connectivity index (χ1v) is 7.86. The van der Waals surface area contributed by atoms with E-state index in [4.69, 9.17) is 0 Å². The Balaban J connectivity index is 1.95. The molecule has 0 saturated heterocycles. The van der Waals surface area contributed by atoms with E-state index < -0.39 is 0 Å². The third kappa shape index (κ3) is 4.09. The molecule has 2 aromatic rings. The molecule has 0 aliphatic rings. The average molecular weight is 304 g/mol. The Morgan fingerprint density at radius 3 is 2.90 bits per heavy atom. The number of pyridine rings is 1. The van der Waals surface area contributed by atoms with Crippen LogP contribution in [0.2, 0.25) is 0 Å². The molecule has 112 valence electrons. The van der Waals surface area contributed by atoms with Gasteiger partial charge in [0.15, 0.2) is 5.13 Å². The third-order valence-electron chi connectivity index (χ3n) is 3.19. The highest BCUT2D eigenvalue weighted by Gasteiger charge is 2.14. The number of carbonyl (C=O) groups is 1. The van der Waals surface area contributed by atoms with Crippen molar-refractivity contribution in [2.75, 3.05) is 11.4 Å². The molecule has 2 heterocycles. The molecule has 21 heavy (non-hydrogen) atoms. The summed E-state index contributed by atoms with van der Waals surface area (Å²) < 4.78 is 0. The Hall–Kier alpha value is -1.79. The molecule has 0 radical (unpaired) electrons. The van der Waals surface area contributed by atoms with Crippen LogP contribution >= 0.6 is 11.3 Å². The second-order valence-corrected chi connectivity index (χ2v) is 5.58. The highest BCUT2D eigenvalue weighted by Crippen LogP contribution is 2.21. The summed E-state index contributed by atoms with van der Waals surface area (Å²) in [5.74, 6) is 0.0215. The van der Waals surface area contributed by atoms with Crippen molar-refractivity contribution in [3.63, 3.8) is 0 Å². The van der Waals surface area contributed by atoms with Crippen LogP contribution in [0.4, 0.5) is 5.13 Å². The van der Waals surface area contributed by atoms with Gasteiger partial charge in [-0.15, -0.1) is 11.3 Å². The van der Waals surface area contributed by atoms with Gasteiger partial charge in [-0.25, -0.2) is 4.98 Å². The van der Waals surface area contributed by atoms with Crippen molar-refractivity contribution in [2.24, 2.45) is 0 Å². The molecule has 0 unspecified atom stereocenters. The molecule has 2 aromatic heterocycles. The van der Waals surface area contributed by atoms with Gasteiger partial charge in [0.1, 0.15) is 0 Å². The molecular weight excluding hydrogens is 284 g/mol. The number of hydrogen-bond acceptors (Lipinski definition) is 5. The maximum Gasteiger partial charge on any atom is 0.225 e. The zero-order valence-corrected chi connectivity index (χ0v) is 13.4. The predicted octanol–water partition coefficient (Wildman–Crippen LogP) is 2.76. The van der Waals surface area contributed by atoms with Gasteiger partial charge < -0.3 is 5.32 Å². The molecule has 0 bridgehead atoms. The molecule has 0 saturated carbocycles. The van der Waals surface area contributed by atoms with Gasteiger partial charge in [0.2, 0.25) is 5.91 Å². The van der Waals surface area contributed by atoms with E-state index in [1.165, 1.54) is 11.3 Å². The number of carbonyl (C=O) groups excluding carboxylic acids is 1. The van der Waals surface area contributed by atoms with E-state index in [1.807, 2.05) is 30.5 Å². The lowest BCUT2D eigenvalue weighted by atomic mass is 10.2. The van der Waals surface area contributed by atoms with E-state index in [2.05, 4.69) is 22.2 Å². The van der Waals surface area contributed by atoms with E-state index in [-0.39, 0.29) is 11.9 Å². The molecule has 0 spiro atoms. The minimum atomic E-state index is 0.0215.